The van der Waals surface area contributed by atoms with Gasteiger partial charge in [-0.15, -0.1) is 0 Å². The first kappa shape index (κ1) is 14.4. The van der Waals surface area contributed by atoms with Crippen molar-refractivity contribution in [2.45, 2.75) is 19.1 Å². The fraction of sp³-hybridized carbons (Fsp3) is 0.385. The van der Waals surface area contributed by atoms with E-state index in [-0.39, 0.29) is 13.0 Å². The number of benzene rings is 1. The van der Waals surface area contributed by atoms with Gasteiger partial charge >= 0.3 is 6.18 Å². The van der Waals surface area contributed by atoms with Crippen LogP contribution < -0.4 is 10.6 Å². The van der Waals surface area contributed by atoms with Crippen LogP contribution in [0.2, 0.25) is 0 Å². The molecule has 1 aliphatic heterocycles. The van der Waals surface area contributed by atoms with Gasteiger partial charge in [-0.3, -0.25) is 0 Å². The van der Waals surface area contributed by atoms with Gasteiger partial charge in [0.05, 0.1) is 0 Å². The van der Waals surface area contributed by atoms with Gasteiger partial charge in [0.25, 0.3) is 0 Å². The molecule has 0 spiro atoms. The number of nitrogens with two attached hydrogens (primary N) is 1. The van der Waals surface area contributed by atoms with Gasteiger partial charge in [-0.05, 0) is 30.2 Å². The first-order chi connectivity index (χ1) is 8.90. The van der Waals surface area contributed by atoms with Crippen molar-refractivity contribution in [3.05, 3.63) is 39.9 Å². The maximum absolute atomic E-state index is 12.5. The van der Waals surface area contributed by atoms with Gasteiger partial charge in [0.1, 0.15) is 0 Å². The summed E-state index contributed by atoms with van der Waals surface area (Å²) in [7, 11) is 0. The van der Waals surface area contributed by atoms with Crippen LogP contribution >= 0.6 is 15.9 Å². The van der Waals surface area contributed by atoms with Crippen molar-refractivity contribution >= 4 is 21.6 Å². The predicted molar refractivity (Wildman–Crippen MR) is 73.0 cm³/mol. The van der Waals surface area contributed by atoms with Crippen LogP contribution in [0, 0.1) is 0 Å². The number of alkyl halides is 3. The second-order valence-corrected chi connectivity index (χ2v) is 5.36. The lowest BCUT2D eigenvalue weighted by Gasteiger charge is -2.29. The van der Waals surface area contributed by atoms with Crippen molar-refractivity contribution in [2.24, 2.45) is 5.73 Å². The minimum absolute atomic E-state index is 0.0218. The number of rotatable bonds is 2. The number of anilines is 1. The third kappa shape index (κ3) is 3.51. The van der Waals surface area contributed by atoms with Crippen LogP contribution in [0.1, 0.15) is 12.0 Å². The summed E-state index contributed by atoms with van der Waals surface area (Å²) in [5, 5.41) is 0. The van der Waals surface area contributed by atoms with Gasteiger partial charge in [-0.2, -0.15) is 13.2 Å². The van der Waals surface area contributed by atoms with Crippen LogP contribution in [0.15, 0.2) is 34.3 Å². The summed E-state index contributed by atoms with van der Waals surface area (Å²) in [6, 6.07) is 5.72. The van der Waals surface area contributed by atoms with Crippen molar-refractivity contribution in [3.8, 4) is 0 Å². The third-order valence-corrected chi connectivity index (χ3v) is 3.57. The van der Waals surface area contributed by atoms with E-state index in [1.807, 2.05) is 23.1 Å². The van der Waals surface area contributed by atoms with Crippen LogP contribution in [0.25, 0.3) is 0 Å². The third-order valence-electron chi connectivity index (χ3n) is 3.12. The van der Waals surface area contributed by atoms with E-state index in [0.717, 1.165) is 15.7 Å². The summed E-state index contributed by atoms with van der Waals surface area (Å²) in [6.45, 7) is 1.05. The summed E-state index contributed by atoms with van der Waals surface area (Å²) in [4.78, 5) is 1.92. The van der Waals surface area contributed by atoms with E-state index in [9.17, 15) is 13.2 Å². The van der Waals surface area contributed by atoms with Crippen molar-refractivity contribution in [1.29, 1.82) is 0 Å². The van der Waals surface area contributed by atoms with E-state index in [1.165, 1.54) is 6.08 Å². The molecule has 0 fully saturated rings. The molecule has 1 aliphatic rings. The smallest absolute Gasteiger partial charge is 0.367 e. The molecule has 2 nitrogen and oxygen atoms in total. The highest BCUT2D eigenvalue weighted by molar-refractivity contribution is 9.10. The zero-order valence-electron chi connectivity index (χ0n) is 10.2. The molecular weight excluding hydrogens is 321 g/mol. The highest BCUT2D eigenvalue weighted by Crippen LogP contribution is 2.32. The van der Waals surface area contributed by atoms with E-state index >= 15 is 0 Å². The maximum atomic E-state index is 12.5. The molecule has 0 radical (unpaired) electrons. The van der Waals surface area contributed by atoms with Crippen molar-refractivity contribution in [3.63, 3.8) is 0 Å². The van der Waals surface area contributed by atoms with E-state index in [4.69, 9.17) is 5.73 Å². The van der Waals surface area contributed by atoms with Gasteiger partial charge in [0.15, 0.2) is 0 Å². The number of hydrogen-bond acceptors (Lipinski definition) is 2. The highest BCUT2D eigenvalue weighted by Gasteiger charge is 2.34. The average Bonchev–Trinajstić information content (AvgIpc) is 2.37. The van der Waals surface area contributed by atoms with Gasteiger partial charge in [-0.1, -0.05) is 22.0 Å². The number of nitrogens with zero attached hydrogens (tertiary/aromatic N) is 1. The van der Waals surface area contributed by atoms with Gasteiger partial charge in [0.2, 0.25) is 0 Å². The Balaban J connectivity index is 2.18. The fourth-order valence-electron chi connectivity index (χ4n) is 2.09. The first-order valence-corrected chi connectivity index (χ1v) is 6.70. The Bertz CT molecular complexity index is 497. The Morgan fingerprint density at radius 1 is 1.26 bits per heavy atom. The molecule has 2 N–H and O–H groups in total. The Morgan fingerprint density at radius 3 is 2.53 bits per heavy atom. The molecular formula is C13H14BrF3N2. The topological polar surface area (TPSA) is 29.3 Å². The second kappa shape index (κ2) is 5.54. The van der Waals surface area contributed by atoms with E-state index in [0.29, 0.717) is 13.1 Å². The Kier molecular flexibility index (Phi) is 4.20. The van der Waals surface area contributed by atoms with Crippen LogP contribution in [0.4, 0.5) is 18.9 Å². The summed E-state index contributed by atoms with van der Waals surface area (Å²) in [5.74, 6) is 0. The summed E-state index contributed by atoms with van der Waals surface area (Å²) < 4.78 is 38.5. The van der Waals surface area contributed by atoms with E-state index < -0.39 is 11.7 Å². The zero-order valence-corrected chi connectivity index (χ0v) is 11.8. The molecule has 19 heavy (non-hydrogen) atoms. The van der Waals surface area contributed by atoms with Gasteiger partial charge < -0.3 is 10.6 Å². The molecule has 0 amide bonds. The molecule has 0 atom stereocenters. The molecule has 1 heterocycles. The van der Waals surface area contributed by atoms with Crippen LogP contribution in [-0.2, 0) is 6.54 Å². The van der Waals surface area contributed by atoms with Gasteiger partial charge in [-0.25, -0.2) is 0 Å². The molecule has 0 saturated heterocycles. The summed E-state index contributed by atoms with van der Waals surface area (Å²) in [5.41, 5.74) is 7.01. The molecule has 104 valence electrons. The summed E-state index contributed by atoms with van der Waals surface area (Å²) in [6.07, 6.45) is -2.92. The normalized spacial score (nSPS) is 16.5. The van der Waals surface area contributed by atoms with Gasteiger partial charge in [0, 0.05) is 35.4 Å². The predicted octanol–water partition coefficient (Wildman–Crippen LogP) is 3.61. The molecule has 2 rings (SSSR count). The minimum Gasteiger partial charge on any atom is -0.367 e. The second-order valence-electron chi connectivity index (χ2n) is 4.44. The summed E-state index contributed by atoms with van der Waals surface area (Å²) >= 11 is 3.39. The quantitative estimate of drug-likeness (QED) is 0.837. The average molecular weight is 335 g/mol. The van der Waals surface area contributed by atoms with Crippen molar-refractivity contribution < 1.29 is 13.2 Å². The molecule has 6 heteroatoms. The monoisotopic (exact) mass is 334 g/mol. The van der Waals surface area contributed by atoms with Crippen LogP contribution in [0.5, 0.6) is 0 Å². The molecule has 0 unspecified atom stereocenters. The standard InChI is InChI=1S/C13H14BrF3N2/c14-11-5-9(8-18)6-12(7-11)19-3-1-10(2-4-19)13(15,16)17/h1,5-7H,2-4,8,18H2. The zero-order chi connectivity index (χ0) is 14.0. The van der Waals surface area contributed by atoms with Crippen LogP contribution in [-0.4, -0.2) is 19.3 Å². The first-order valence-electron chi connectivity index (χ1n) is 5.91. The molecule has 1 aromatic carbocycles. The largest absolute Gasteiger partial charge is 0.412 e. The van der Waals surface area contributed by atoms with Crippen molar-refractivity contribution in [1.82, 2.24) is 0 Å². The molecule has 0 bridgehead atoms. The Labute approximate surface area is 118 Å². The Morgan fingerprint density at radius 2 is 2.00 bits per heavy atom. The molecule has 0 aliphatic carbocycles. The molecule has 0 saturated carbocycles. The Hall–Kier alpha value is -1.01. The highest BCUT2D eigenvalue weighted by atomic mass is 79.9. The maximum Gasteiger partial charge on any atom is 0.412 e. The van der Waals surface area contributed by atoms with E-state index in [2.05, 4.69) is 15.9 Å². The van der Waals surface area contributed by atoms with E-state index in [1.54, 1.807) is 0 Å². The fourth-order valence-corrected chi connectivity index (χ4v) is 2.62. The lowest BCUT2D eigenvalue weighted by atomic mass is 10.1. The van der Waals surface area contributed by atoms with Crippen LogP contribution in [0.3, 0.4) is 0 Å². The lowest BCUT2D eigenvalue weighted by molar-refractivity contribution is -0.0943. The number of hydrogen-bond donors (Lipinski definition) is 1. The SMILES string of the molecule is NCc1cc(Br)cc(N2CC=C(C(F)(F)F)CC2)c1. The molecule has 1 aromatic rings. The molecule has 0 aromatic heterocycles. The lowest BCUT2D eigenvalue weighted by Crippen LogP contribution is -2.31. The minimum atomic E-state index is -4.20. The van der Waals surface area contributed by atoms with Crippen molar-refractivity contribution in [2.75, 3.05) is 18.0 Å². The number of halogens is 4.